The van der Waals surface area contributed by atoms with Crippen molar-refractivity contribution in [1.29, 1.82) is 0 Å². The van der Waals surface area contributed by atoms with E-state index in [9.17, 15) is 8.42 Å². The maximum absolute atomic E-state index is 10.3. The molecule has 0 radical (unpaired) electrons. The first-order chi connectivity index (χ1) is 2.94. The van der Waals surface area contributed by atoms with Gasteiger partial charge in [-0.05, 0) is 0 Å². The maximum Gasteiger partial charge on any atom is 0.169 e. The van der Waals surface area contributed by atoms with Crippen LogP contribution in [0.3, 0.4) is 0 Å². The first kappa shape index (κ1) is 8.16. The number of hydrogen-bond donors (Lipinski definition) is 0. The first-order valence-electron chi connectivity index (χ1n) is 1.41. The van der Waals surface area contributed by atoms with E-state index in [1.54, 1.807) is 22.6 Å². The Balaban J connectivity index is 4.10. The average molecular weight is 299 g/mol. The standard InChI is InChI=1S/C2H4BrIO2S/c1-7(5,6)2(3)4/h2H,1H3/t2-/m0/s1. The lowest BCUT2D eigenvalue weighted by molar-refractivity contribution is 0.606. The highest BCUT2D eigenvalue weighted by molar-refractivity contribution is 14.1. The predicted molar refractivity (Wildman–Crippen MR) is 41.6 cm³/mol. The highest BCUT2D eigenvalue weighted by Gasteiger charge is 2.10. The fourth-order valence-corrected chi connectivity index (χ4v) is 0. The molecule has 0 spiro atoms. The van der Waals surface area contributed by atoms with Crippen LogP contribution < -0.4 is 0 Å². The van der Waals surface area contributed by atoms with Crippen molar-refractivity contribution < 1.29 is 8.42 Å². The molecule has 0 aliphatic heterocycles. The predicted octanol–water partition coefficient (Wildman–Crippen LogP) is 1.14. The molecule has 0 heterocycles. The molecule has 0 amide bonds. The molecule has 5 heteroatoms. The van der Waals surface area contributed by atoms with E-state index in [0.717, 1.165) is 0 Å². The Bertz CT molecular complexity index is 138. The zero-order valence-corrected chi connectivity index (χ0v) is 8.12. The molecule has 0 bridgehead atoms. The molecule has 0 aliphatic rings. The van der Waals surface area contributed by atoms with Crippen LogP contribution >= 0.6 is 38.5 Å². The Morgan fingerprint density at radius 3 is 1.86 bits per heavy atom. The number of alkyl halides is 2. The van der Waals surface area contributed by atoms with E-state index in [4.69, 9.17) is 0 Å². The fraction of sp³-hybridized carbons (Fsp3) is 1.00. The van der Waals surface area contributed by atoms with Gasteiger partial charge in [-0.15, -0.1) is 0 Å². The summed E-state index contributed by atoms with van der Waals surface area (Å²) in [5, 5.41) is 0. The van der Waals surface area contributed by atoms with Crippen molar-refractivity contribution in [3.8, 4) is 0 Å². The average Bonchev–Trinajstić information content (AvgIpc) is 1.31. The quantitative estimate of drug-likeness (QED) is 0.537. The summed E-state index contributed by atoms with van der Waals surface area (Å²) in [6, 6.07) is 0. The molecule has 0 aromatic rings. The van der Waals surface area contributed by atoms with Gasteiger partial charge in [0.15, 0.2) is 12.0 Å². The smallest absolute Gasteiger partial charge is 0.169 e. The highest BCUT2D eigenvalue weighted by atomic mass is 127. The summed E-state index contributed by atoms with van der Waals surface area (Å²) >= 11 is 4.67. The lowest BCUT2D eigenvalue weighted by atomic mass is 11.9. The van der Waals surface area contributed by atoms with Crippen LogP contribution in [0.1, 0.15) is 0 Å². The van der Waals surface area contributed by atoms with Crippen molar-refractivity contribution in [2.75, 3.05) is 6.26 Å². The number of hydrogen-bond acceptors (Lipinski definition) is 2. The second kappa shape index (κ2) is 2.63. The van der Waals surface area contributed by atoms with Crippen LogP contribution in [-0.2, 0) is 9.84 Å². The van der Waals surface area contributed by atoms with E-state index in [1.807, 2.05) is 0 Å². The number of halogens is 2. The molecule has 7 heavy (non-hydrogen) atoms. The van der Waals surface area contributed by atoms with Crippen molar-refractivity contribution in [2.24, 2.45) is 0 Å². The van der Waals surface area contributed by atoms with Gasteiger partial charge in [0.05, 0.1) is 0 Å². The van der Waals surface area contributed by atoms with Gasteiger partial charge in [-0.3, -0.25) is 0 Å². The summed E-state index contributed by atoms with van der Waals surface area (Å²) in [7, 11) is -2.84. The molecule has 0 unspecified atom stereocenters. The van der Waals surface area contributed by atoms with E-state index in [2.05, 4.69) is 15.9 Å². The second-order valence-electron chi connectivity index (χ2n) is 1.09. The third-order valence-electron chi connectivity index (χ3n) is 0.324. The Morgan fingerprint density at radius 1 is 1.71 bits per heavy atom. The van der Waals surface area contributed by atoms with Crippen LogP contribution in [-0.4, -0.2) is 16.8 Å². The summed E-state index contributed by atoms with van der Waals surface area (Å²) in [5.41, 5.74) is 0. The lowest BCUT2D eigenvalue weighted by Crippen LogP contribution is -2.03. The molecule has 0 aromatic carbocycles. The molecular formula is C2H4BrIO2S. The minimum Gasteiger partial charge on any atom is -0.227 e. The van der Waals surface area contributed by atoms with Crippen molar-refractivity contribution in [2.45, 2.75) is 2.17 Å². The van der Waals surface area contributed by atoms with Crippen molar-refractivity contribution in [3.63, 3.8) is 0 Å². The van der Waals surface area contributed by atoms with Gasteiger partial charge in [-0.25, -0.2) is 8.42 Å². The molecule has 0 rings (SSSR count). The number of rotatable bonds is 1. The maximum atomic E-state index is 10.3. The minimum atomic E-state index is -2.84. The summed E-state index contributed by atoms with van der Waals surface area (Å²) in [4.78, 5) is 0. The van der Waals surface area contributed by atoms with E-state index >= 15 is 0 Å². The molecule has 1 atom stereocenters. The van der Waals surface area contributed by atoms with Crippen LogP contribution in [0.2, 0.25) is 0 Å². The van der Waals surface area contributed by atoms with Gasteiger partial charge in [0.1, 0.15) is 0 Å². The lowest BCUT2D eigenvalue weighted by Gasteiger charge is -1.92. The third-order valence-corrected chi connectivity index (χ3v) is 5.78. The first-order valence-corrected chi connectivity index (χ1v) is 5.53. The van der Waals surface area contributed by atoms with Gasteiger partial charge in [-0.1, -0.05) is 38.5 Å². The summed E-state index contributed by atoms with van der Waals surface area (Å²) < 4.78 is 20.1. The molecule has 0 aliphatic carbocycles. The molecule has 44 valence electrons. The van der Waals surface area contributed by atoms with E-state index in [-0.39, 0.29) is 0 Å². The second-order valence-corrected chi connectivity index (χ2v) is 8.55. The summed E-state index contributed by atoms with van der Waals surface area (Å²) in [5.74, 6) is 0. The van der Waals surface area contributed by atoms with Gasteiger partial charge < -0.3 is 0 Å². The van der Waals surface area contributed by atoms with Gasteiger partial charge in [-0.2, -0.15) is 0 Å². The largest absolute Gasteiger partial charge is 0.227 e. The summed E-state index contributed by atoms with van der Waals surface area (Å²) in [6.45, 7) is 0. The fourth-order valence-electron chi connectivity index (χ4n) is 0. The molecule has 0 N–H and O–H groups in total. The van der Waals surface area contributed by atoms with E-state index in [0.29, 0.717) is 0 Å². The van der Waals surface area contributed by atoms with Gasteiger partial charge in [0.25, 0.3) is 0 Å². The molecular weight excluding hydrogens is 295 g/mol. The van der Waals surface area contributed by atoms with Crippen LogP contribution in [0, 0.1) is 0 Å². The Morgan fingerprint density at radius 2 is 1.86 bits per heavy atom. The van der Waals surface area contributed by atoms with Gasteiger partial charge in [0, 0.05) is 6.26 Å². The molecule has 0 aromatic heterocycles. The minimum absolute atomic E-state index is 0.447. The summed E-state index contributed by atoms with van der Waals surface area (Å²) in [6.07, 6.45) is 1.18. The zero-order chi connectivity index (χ0) is 6.08. The van der Waals surface area contributed by atoms with E-state index in [1.165, 1.54) is 6.26 Å². The van der Waals surface area contributed by atoms with Crippen molar-refractivity contribution in [1.82, 2.24) is 0 Å². The Hall–Kier alpha value is 1.16. The normalized spacial score (nSPS) is 16.4. The zero-order valence-electron chi connectivity index (χ0n) is 3.56. The molecule has 0 fully saturated rings. The molecule has 0 saturated carbocycles. The van der Waals surface area contributed by atoms with Gasteiger partial charge in [0.2, 0.25) is 0 Å². The SMILES string of the molecule is CS(=O)(=O)[C@@H](Br)I. The topological polar surface area (TPSA) is 34.1 Å². The molecule has 2 nitrogen and oxygen atoms in total. The van der Waals surface area contributed by atoms with Crippen LogP contribution in [0.4, 0.5) is 0 Å². The van der Waals surface area contributed by atoms with Crippen LogP contribution in [0.15, 0.2) is 0 Å². The Labute approximate surface area is 64.9 Å². The van der Waals surface area contributed by atoms with Crippen LogP contribution in [0.5, 0.6) is 0 Å². The molecule has 0 saturated heterocycles. The number of sulfone groups is 1. The Kier molecular flexibility index (Phi) is 3.07. The van der Waals surface area contributed by atoms with E-state index < -0.39 is 12.0 Å². The van der Waals surface area contributed by atoms with Crippen LogP contribution in [0.25, 0.3) is 0 Å². The van der Waals surface area contributed by atoms with Gasteiger partial charge >= 0.3 is 0 Å². The third kappa shape index (κ3) is 3.72. The highest BCUT2D eigenvalue weighted by Crippen LogP contribution is 2.14. The van der Waals surface area contributed by atoms with Crippen molar-refractivity contribution in [3.05, 3.63) is 0 Å². The monoisotopic (exact) mass is 298 g/mol. The van der Waals surface area contributed by atoms with Crippen molar-refractivity contribution >= 4 is 48.4 Å².